The van der Waals surface area contributed by atoms with Gasteiger partial charge in [0, 0.05) is 16.5 Å². The average molecular weight is 579 g/mol. The highest BCUT2D eigenvalue weighted by molar-refractivity contribution is 7.17. The molecule has 41 heavy (non-hydrogen) atoms. The van der Waals surface area contributed by atoms with Gasteiger partial charge in [-0.3, -0.25) is 19.7 Å². The van der Waals surface area contributed by atoms with Crippen LogP contribution in [0.5, 0.6) is 5.75 Å². The first kappa shape index (κ1) is 29.1. The topological polar surface area (TPSA) is 166 Å². The molecular formula is C28H26N4O8S. The van der Waals surface area contributed by atoms with E-state index in [1.807, 2.05) is 0 Å². The number of ether oxygens (including phenoxy) is 2. The molecule has 12 nitrogen and oxygen atoms in total. The summed E-state index contributed by atoms with van der Waals surface area (Å²) in [5, 5.41) is 18.0. The molecule has 1 aromatic heterocycles. The van der Waals surface area contributed by atoms with Crippen molar-refractivity contribution in [3.8, 4) is 5.75 Å². The summed E-state index contributed by atoms with van der Waals surface area (Å²) in [7, 11) is 0. The number of nitrogens with zero attached hydrogens (tertiary/aromatic N) is 2. The predicted molar refractivity (Wildman–Crippen MR) is 150 cm³/mol. The number of para-hydroxylation sites is 2. The van der Waals surface area contributed by atoms with E-state index in [0.29, 0.717) is 12.0 Å². The average Bonchev–Trinajstić information content (AvgIpc) is 3.33. The monoisotopic (exact) mass is 578 g/mol. The molecule has 0 aliphatic heterocycles. The van der Waals surface area contributed by atoms with Gasteiger partial charge in [-0.2, -0.15) is 5.10 Å². The molecule has 0 spiro atoms. The van der Waals surface area contributed by atoms with Crippen molar-refractivity contribution in [2.45, 2.75) is 39.5 Å². The maximum atomic E-state index is 12.7. The fourth-order valence-electron chi connectivity index (χ4n) is 4.29. The molecule has 1 aliphatic carbocycles. The Morgan fingerprint density at radius 1 is 0.976 bits per heavy atom. The fourth-order valence-corrected chi connectivity index (χ4v) is 5.57. The lowest BCUT2D eigenvalue weighted by molar-refractivity contribution is -0.385. The number of nitrogens with one attached hydrogen (secondary N) is 2. The highest BCUT2D eigenvalue weighted by Crippen LogP contribution is 2.38. The zero-order valence-electron chi connectivity index (χ0n) is 22.2. The number of rotatable bonds is 8. The summed E-state index contributed by atoms with van der Waals surface area (Å²) >= 11 is 1.25. The molecule has 0 bridgehead atoms. The van der Waals surface area contributed by atoms with E-state index >= 15 is 0 Å². The Kier molecular flexibility index (Phi) is 9.19. The van der Waals surface area contributed by atoms with E-state index in [1.54, 1.807) is 25.1 Å². The number of carbonyl (C=O) groups is 4. The number of anilines is 1. The number of amides is 2. The highest BCUT2D eigenvalue weighted by Gasteiger charge is 2.28. The van der Waals surface area contributed by atoms with Crippen molar-refractivity contribution in [3.05, 3.63) is 85.8 Å². The zero-order valence-corrected chi connectivity index (χ0v) is 23.0. The molecule has 0 saturated heterocycles. The van der Waals surface area contributed by atoms with Crippen LogP contribution in [0.25, 0.3) is 0 Å². The molecule has 0 fully saturated rings. The van der Waals surface area contributed by atoms with Crippen LogP contribution < -0.4 is 15.5 Å². The Balaban J connectivity index is 1.48. The molecule has 2 aromatic carbocycles. The molecule has 2 N–H and O–H groups in total. The van der Waals surface area contributed by atoms with Crippen LogP contribution in [0.4, 0.5) is 10.7 Å². The second kappa shape index (κ2) is 13.0. The molecule has 0 radical (unpaired) electrons. The third kappa shape index (κ3) is 6.64. The number of hydrazone groups is 1. The first-order chi connectivity index (χ1) is 19.7. The smallest absolute Gasteiger partial charge is 0.350 e. The Morgan fingerprint density at radius 3 is 2.39 bits per heavy atom. The standard InChI is InChI=1S/C28H26N4O8S/c1-3-39-28(36)23-19-12-6-9-15-22(19)41-26(23)29-24(33)25(34)31-30-16(2)17-10-5-8-14-21(17)40-27(35)18-11-4-7-13-20(18)32(37)38/h4-5,7-8,10-11,13-14H,3,6,9,12,15H2,1-2H3,(H,29,33)(H,31,34). The summed E-state index contributed by atoms with van der Waals surface area (Å²) in [6.07, 6.45) is 3.35. The summed E-state index contributed by atoms with van der Waals surface area (Å²) < 4.78 is 10.6. The van der Waals surface area contributed by atoms with E-state index in [0.717, 1.165) is 29.7 Å². The number of esters is 2. The number of nitro groups is 1. The van der Waals surface area contributed by atoms with Gasteiger partial charge in [-0.1, -0.05) is 24.3 Å². The van der Waals surface area contributed by atoms with E-state index < -0.39 is 34.4 Å². The van der Waals surface area contributed by atoms with E-state index in [4.69, 9.17) is 9.47 Å². The lowest BCUT2D eigenvalue weighted by atomic mass is 9.95. The minimum Gasteiger partial charge on any atom is -0.462 e. The molecule has 1 heterocycles. The van der Waals surface area contributed by atoms with Gasteiger partial charge in [-0.25, -0.2) is 15.0 Å². The van der Waals surface area contributed by atoms with Crippen molar-refractivity contribution >= 4 is 51.5 Å². The summed E-state index contributed by atoms with van der Waals surface area (Å²) in [6.45, 7) is 3.37. The van der Waals surface area contributed by atoms with Crippen LogP contribution in [-0.2, 0) is 27.2 Å². The largest absolute Gasteiger partial charge is 0.462 e. The number of thiophene rings is 1. The number of aryl methyl sites for hydroxylation is 1. The maximum Gasteiger partial charge on any atom is 0.350 e. The molecule has 1 aliphatic rings. The van der Waals surface area contributed by atoms with Gasteiger partial charge in [0.05, 0.1) is 22.8 Å². The lowest BCUT2D eigenvalue weighted by Gasteiger charge is -2.12. The van der Waals surface area contributed by atoms with Crippen molar-refractivity contribution in [3.63, 3.8) is 0 Å². The Morgan fingerprint density at radius 2 is 1.66 bits per heavy atom. The lowest BCUT2D eigenvalue weighted by Crippen LogP contribution is -2.33. The van der Waals surface area contributed by atoms with Gasteiger partial charge in [0.2, 0.25) is 0 Å². The quantitative estimate of drug-likeness (QED) is 0.0990. The molecule has 2 amide bonds. The van der Waals surface area contributed by atoms with Crippen molar-refractivity contribution < 1.29 is 33.6 Å². The van der Waals surface area contributed by atoms with Crippen LogP contribution in [0.2, 0.25) is 0 Å². The Bertz CT molecular complexity index is 1560. The summed E-state index contributed by atoms with van der Waals surface area (Å²) in [4.78, 5) is 62.2. The SMILES string of the molecule is CCOC(=O)c1c(NC(=O)C(=O)NN=C(C)c2ccccc2OC(=O)c2ccccc2[N+](=O)[O-])sc2c1CCCC2. The van der Waals surface area contributed by atoms with Gasteiger partial charge >= 0.3 is 23.8 Å². The minimum atomic E-state index is -1.08. The van der Waals surface area contributed by atoms with Crippen molar-refractivity contribution in [2.75, 3.05) is 11.9 Å². The van der Waals surface area contributed by atoms with Gasteiger partial charge in [0.15, 0.2) is 0 Å². The van der Waals surface area contributed by atoms with Crippen LogP contribution in [0.3, 0.4) is 0 Å². The Hall–Kier alpha value is -4.91. The Labute approximate surface area is 238 Å². The molecule has 3 aromatic rings. The van der Waals surface area contributed by atoms with Crippen molar-refractivity contribution in [2.24, 2.45) is 5.10 Å². The first-order valence-electron chi connectivity index (χ1n) is 12.7. The maximum absolute atomic E-state index is 12.7. The zero-order chi connectivity index (χ0) is 29.5. The molecule has 0 atom stereocenters. The van der Waals surface area contributed by atoms with Crippen LogP contribution >= 0.6 is 11.3 Å². The second-order valence-electron chi connectivity index (χ2n) is 8.89. The van der Waals surface area contributed by atoms with E-state index in [1.165, 1.54) is 48.6 Å². The summed E-state index contributed by atoms with van der Waals surface area (Å²) in [5.74, 6) is -3.57. The number of fused-ring (bicyclic) bond motifs is 1. The number of nitro benzene ring substituents is 1. The van der Waals surface area contributed by atoms with Crippen LogP contribution in [-0.4, -0.2) is 41.0 Å². The first-order valence-corrected chi connectivity index (χ1v) is 13.5. The molecule has 4 rings (SSSR count). The molecular weight excluding hydrogens is 552 g/mol. The highest BCUT2D eigenvalue weighted by atomic mass is 32.1. The van der Waals surface area contributed by atoms with Crippen LogP contribution in [0, 0.1) is 10.1 Å². The molecule has 13 heteroatoms. The van der Waals surface area contributed by atoms with Gasteiger partial charge in [-0.05, 0) is 63.3 Å². The van der Waals surface area contributed by atoms with E-state index in [2.05, 4.69) is 15.8 Å². The normalized spacial score (nSPS) is 12.6. The minimum absolute atomic E-state index is 0.0406. The number of carbonyl (C=O) groups excluding carboxylic acids is 4. The number of hydrogen-bond donors (Lipinski definition) is 2. The summed E-state index contributed by atoms with van der Waals surface area (Å²) in [6, 6.07) is 11.6. The predicted octanol–water partition coefficient (Wildman–Crippen LogP) is 4.41. The van der Waals surface area contributed by atoms with Gasteiger partial charge in [0.25, 0.3) is 5.69 Å². The number of benzene rings is 2. The van der Waals surface area contributed by atoms with Crippen molar-refractivity contribution in [1.29, 1.82) is 0 Å². The summed E-state index contributed by atoms with van der Waals surface area (Å²) in [5.41, 5.74) is 3.15. The van der Waals surface area contributed by atoms with Gasteiger partial charge < -0.3 is 14.8 Å². The second-order valence-corrected chi connectivity index (χ2v) is 9.99. The van der Waals surface area contributed by atoms with Crippen LogP contribution in [0.1, 0.15) is 63.4 Å². The van der Waals surface area contributed by atoms with Crippen molar-refractivity contribution in [1.82, 2.24) is 5.43 Å². The van der Waals surface area contributed by atoms with Crippen LogP contribution in [0.15, 0.2) is 53.6 Å². The van der Waals surface area contributed by atoms with Gasteiger partial charge in [0.1, 0.15) is 16.3 Å². The molecule has 212 valence electrons. The van der Waals surface area contributed by atoms with E-state index in [-0.39, 0.29) is 34.2 Å². The molecule has 0 saturated carbocycles. The molecule has 0 unspecified atom stereocenters. The third-order valence-corrected chi connectivity index (χ3v) is 7.42. The third-order valence-electron chi connectivity index (χ3n) is 6.21. The van der Waals surface area contributed by atoms with E-state index in [9.17, 15) is 29.3 Å². The number of hydrogen-bond acceptors (Lipinski definition) is 10. The van der Waals surface area contributed by atoms with Gasteiger partial charge in [-0.15, -0.1) is 11.3 Å². The fraction of sp³-hybridized carbons (Fsp3) is 0.250.